The molecule has 2 aliphatic carbocycles. The standard InChI is InChI=1S/C23H31N5O2/c1-15(18-8-6-14-28(18)2)30-22-24-13-10-17(25-22)20-16-7-5-12-23(21(16)27-26-20)11-4-3-9-19(23)29/h10,13,15,18H,3-9,11-12,14H2,1-2H3,(H,26,27)/t15-,18-,23?/m0/s1. The van der Waals surface area contributed by atoms with Gasteiger partial charge in [-0.15, -0.1) is 0 Å². The van der Waals surface area contributed by atoms with Gasteiger partial charge in [-0.3, -0.25) is 14.8 Å². The molecule has 3 aliphatic rings. The van der Waals surface area contributed by atoms with Crippen molar-refractivity contribution in [3.05, 3.63) is 23.5 Å². The summed E-state index contributed by atoms with van der Waals surface area (Å²) in [6.45, 7) is 3.20. The highest BCUT2D eigenvalue weighted by Gasteiger charge is 2.46. The van der Waals surface area contributed by atoms with Crippen LogP contribution in [0, 0.1) is 0 Å². The lowest BCUT2D eigenvalue weighted by atomic mass is 9.64. The summed E-state index contributed by atoms with van der Waals surface area (Å²) in [6, 6.07) is 2.68. The number of aromatic amines is 1. The number of H-pyrrole nitrogens is 1. The lowest BCUT2D eigenvalue weighted by molar-refractivity contribution is -0.127. The fourth-order valence-corrected chi connectivity index (χ4v) is 5.83. The van der Waals surface area contributed by atoms with Crippen LogP contribution in [0.25, 0.3) is 11.4 Å². The molecule has 1 saturated carbocycles. The molecule has 0 aromatic carbocycles. The van der Waals surface area contributed by atoms with Gasteiger partial charge in [0, 0.05) is 24.2 Å². The summed E-state index contributed by atoms with van der Waals surface area (Å²) < 4.78 is 6.12. The van der Waals surface area contributed by atoms with Crippen LogP contribution in [0.15, 0.2) is 12.3 Å². The summed E-state index contributed by atoms with van der Waals surface area (Å²) in [5, 5.41) is 7.88. The van der Waals surface area contributed by atoms with E-state index in [-0.39, 0.29) is 11.5 Å². The largest absolute Gasteiger partial charge is 0.459 e. The van der Waals surface area contributed by atoms with Gasteiger partial charge in [0.1, 0.15) is 17.6 Å². The minimum absolute atomic E-state index is 0.0315. The fraction of sp³-hybridized carbons (Fsp3) is 0.652. The predicted molar refractivity (Wildman–Crippen MR) is 113 cm³/mol. The zero-order valence-electron chi connectivity index (χ0n) is 18.0. The van der Waals surface area contributed by atoms with Gasteiger partial charge in [0.05, 0.1) is 16.8 Å². The van der Waals surface area contributed by atoms with Crippen molar-refractivity contribution in [2.75, 3.05) is 13.6 Å². The highest BCUT2D eigenvalue weighted by molar-refractivity contribution is 5.91. The second-order valence-corrected chi connectivity index (χ2v) is 9.23. The molecule has 7 heteroatoms. The number of nitrogens with zero attached hydrogens (tertiary/aromatic N) is 4. The lowest BCUT2D eigenvalue weighted by Crippen LogP contribution is -2.41. The molecule has 160 valence electrons. The maximum absolute atomic E-state index is 12.9. The molecule has 0 radical (unpaired) electrons. The van der Waals surface area contributed by atoms with Crippen LogP contribution < -0.4 is 4.74 Å². The maximum Gasteiger partial charge on any atom is 0.317 e. The van der Waals surface area contributed by atoms with Crippen LogP contribution in [0.5, 0.6) is 6.01 Å². The highest BCUT2D eigenvalue weighted by Crippen LogP contribution is 2.46. The molecule has 0 amide bonds. The Morgan fingerprint density at radius 1 is 1.23 bits per heavy atom. The number of ether oxygens (including phenoxy) is 1. The van der Waals surface area contributed by atoms with Crippen LogP contribution in [-0.2, 0) is 16.6 Å². The fourth-order valence-electron chi connectivity index (χ4n) is 5.83. The molecule has 0 bridgehead atoms. The normalized spacial score (nSPS) is 27.9. The molecule has 3 atom stereocenters. The topological polar surface area (TPSA) is 84.0 Å². The molecule has 3 heterocycles. The van der Waals surface area contributed by atoms with E-state index in [1.54, 1.807) is 6.20 Å². The van der Waals surface area contributed by atoms with Crippen LogP contribution in [0.3, 0.4) is 0 Å². The molecule has 5 rings (SSSR count). The average Bonchev–Trinajstić information content (AvgIpc) is 3.37. The van der Waals surface area contributed by atoms with Gasteiger partial charge in [0.15, 0.2) is 0 Å². The van der Waals surface area contributed by atoms with Gasteiger partial charge in [-0.25, -0.2) is 4.98 Å². The number of likely N-dealkylation sites (tertiary alicyclic amines) is 1. The number of likely N-dealkylation sites (N-methyl/N-ethyl adjacent to an activating group) is 1. The number of hydrogen-bond donors (Lipinski definition) is 1. The molecular weight excluding hydrogens is 378 g/mol. The quantitative estimate of drug-likeness (QED) is 0.833. The van der Waals surface area contributed by atoms with Crippen molar-refractivity contribution in [1.29, 1.82) is 0 Å². The monoisotopic (exact) mass is 409 g/mol. The average molecular weight is 410 g/mol. The van der Waals surface area contributed by atoms with Crippen molar-refractivity contribution in [3.63, 3.8) is 0 Å². The van der Waals surface area contributed by atoms with Crippen molar-refractivity contribution in [3.8, 4) is 17.4 Å². The molecule has 2 aromatic heterocycles. The minimum atomic E-state index is -0.356. The molecule has 1 aliphatic heterocycles. The predicted octanol–water partition coefficient (Wildman–Crippen LogP) is 3.45. The maximum atomic E-state index is 12.9. The molecule has 2 aromatic rings. The zero-order chi connectivity index (χ0) is 20.7. The van der Waals surface area contributed by atoms with Gasteiger partial charge in [0.25, 0.3) is 0 Å². The van der Waals surface area contributed by atoms with E-state index in [0.29, 0.717) is 24.3 Å². The van der Waals surface area contributed by atoms with E-state index in [0.717, 1.165) is 74.1 Å². The zero-order valence-corrected chi connectivity index (χ0v) is 18.0. The van der Waals surface area contributed by atoms with Gasteiger partial charge < -0.3 is 4.74 Å². The number of hydrogen-bond acceptors (Lipinski definition) is 6. The first-order chi connectivity index (χ1) is 14.6. The molecule has 1 saturated heterocycles. The van der Waals surface area contributed by atoms with E-state index < -0.39 is 0 Å². The Hall–Kier alpha value is -2.28. The van der Waals surface area contributed by atoms with Crippen LogP contribution in [0.2, 0.25) is 0 Å². The molecule has 1 spiro atoms. The molecule has 1 N–H and O–H groups in total. The van der Waals surface area contributed by atoms with Gasteiger partial charge in [0.2, 0.25) is 0 Å². The van der Waals surface area contributed by atoms with Gasteiger partial charge >= 0.3 is 6.01 Å². The van der Waals surface area contributed by atoms with E-state index in [9.17, 15) is 4.79 Å². The number of aromatic nitrogens is 4. The first kappa shape index (κ1) is 19.7. The van der Waals surface area contributed by atoms with E-state index >= 15 is 0 Å². The molecule has 7 nitrogen and oxygen atoms in total. The van der Waals surface area contributed by atoms with E-state index in [4.69, 9.17) is 9.72 Å². The van der Waals surface area contributed by atoms with Crippen LogP contribution in [-0.4, -0.2) is 56.6 Å². The smallest absolute Gasteiger partial charge is 0.317 e. The van der Waals surface area contributed by atoms with Gasteiger partial charge in [-0.2, -0.15) is 10.1 Å². The summed E-state index contributed by atoms with van der Waals surface area (Å²) >= 11 is 0. The third kappa shape index (κ3) is 3.23. The Morgan fingerprint density at radius 2 is 2.10 bits per heavy atom. The molecule has 30 heavy (non-hydrogen) atoms. The summed E-state index contributed by atoms with van der Waals surface area (Å²) in [5.41, 5.74) is 3.45. The van der Waals surface area contributed by atoms with Crippen LogP contribution in [0.1, 0.15) is 69.5 Å². The van der Waals surface area contributed by atoms with Crippen molar-refractivity contribution in [1.82, 2.24) is 25.1 Å². The Balaban J connectivity index is 1.43. The van der Waals surface area contributed by atoms with Crippen molar-refractivity contribution >= 4 is 5.78 Å². The highest BCUT2D eigenvalue weighted by atomic mass is 16.5. The number of carbonyl (C=O) groups excluding carboxylic acids is 1. The van der Waals surface area contributed by atoms with Crippen molar-refractivity contribution in [2.45, 2.75) is 82.3 Å². The molecular formula is C23H31N5O2. The number of fused-ring (bicyclic) bond motifs is 2. The number of nitrogens with one attached hydrogen (secondary N) is 1. The second-order valence-electron chi connectivity index (χ2n) is 9.23. The third-order valence-corrected chi connectivity index (χ3v) is 7.45. The summed E-state index contributed by atoms with van der Waals surface area (Å²) in [5.74, 6) is 0.381. The van der Waals surface area contributed by atoms with Gasteiger partial charge in [-0.05, 0) is 71.5 Å². The van der Waals surface area contributed by atoms with E-state index in [1.807, 2.05) is 6.07 Å². The second kappa shape index (κ2) is 7.76. The Bertz CT molecular complexity index is 941. The van der Waals surface area contributed by atoms with Crippen LogP contribution in [0.4, 0.5) is 0 Å². The van der Waals surface area contributed by atoms with Crippen molar-refractivity contribution < 1.29 is 9.53 Å². The summed E-state index contributed by atoms with van der Waals surface area (Å²) in [7, 11) is 2.15. The summed E-state index contributed by atoms with van der Waals surface area (Å²) in [6.07, 6.45) is 10.7. The number of rotatable bonds is 4. The Morgan fingerprint density at radius 3 is 2.90 bits per heavy atom. The van der Waals surface area contributed by atoms with Crippen LogP contribution >= 0.6 is 0 Å². The molecule has 2 fully saturated rings. The third-order valence-electron chi connectivity index (χ3n) is 7.45. The first-order valence-electron chi connectivity index (χ1n) is 11.4. The Kier molecular flexibility index (Phi) is 5.09. The SMILES string of the molecule is C[C@H](Oc1nccc(-c2n[nH]c3c2CCCC32CCCCC2=O)n1)[C@@H]1CCCN1C. The van der Waals surface area contributed by atoms with E-state index in [2.05, 4.69) is 34.1 Å². The molecule has 1 unspecified atom stereocenters. The summed E-state index contributed by atoms with van der Waals surface area (Å²) in [4.78, 5) is 24.3. The number of carbonyl (C=O) groups is 1. The minimum Gasteiger partial charge on any atom is -0.459 e. The van der Waals surface area contributed by atoms with Crippen molar-refractivity contribution in [2.24, 2.45) is 0 Å². The van der Waals surface area contributed by atoms with Gasteiger partial charge in [-0.1, -0.05) is 6.42 Å². The first-order valence-corrected chi connectivity index (χ1v) is 11.4. The lowest BCUT2D eigenvalue weighted by Gasteiger charge is -2.38. The number of ketones is 1. The number of Topliss-reactive ketones (excluding diaryl/α,β-unsaturated/α-hetero) is 1. The van der Waals surface area contributed by atoms with E-state index in [1.165, 1.54) is 6.42 Å². The Labute approximate surface area is 177 Å².